The van der Waals surface area contributed by atoms with Crippen LogP contribution in [0, 0.1) is 0 Å². The first-order valence-corrected chi connectivity index (χ1v) is 2.00. The van der Waals surface area contributed by atoms with E-state index in [0.29, 0.717) is 0 Å². The normalized spacial score (nSPS) is 6.57. The average molecular weight is 146 g/mol. The van der Waals surface area contributed by atoms with E-state index in [1.807, 2.05) is 0 Å². The van der Waals surface area contributed by atoms with Gasteiger partial charge < -0.3 is 0 Å². The van der Waals surface area contributed by atoms with Crippen LogP contribution in [0.25, 0.3) is 0 Å². The molecule has 0 fully saturated rings. The fraction of sp³-hybridized carbons (Fsp3) is 0. The summed E-state index contributed by atoms with van der Waals surface area (Å²) >= 11 is 6.26. The Bertz CT molecular complexity index is 79.7. The molecular weight excluding hydrogens is 143 g/mol. The summed E-state index contributed by atoms with van der Waals surface area (Å²) in [6, 6.07) is 0. The Morgan fingerprint density at radius 2 is 1.14 bits per heavy atom. The van der Waals surface area contributed by atoms with Crippen molar-refractivity contribution in [3.8, 4) is 0 Å². The van der Waals surface area contributed by atoms with Gasteiger partial charge >= 0.3 is 29.6 Å². The van der Waals surface area contributed by atoms with Gasteiger partial charge in [0.15, 0.2) is 0 Å². The van der Waals surface area contributed by atoms with Gasteiger partial charge in [0.2, 0.25) is 0 Å². The summed E-state index contributed by atoms with van der Waals surface area (Å²) in [7, 11) is 0. The average Bonchev–Trinajstić information content (AvgIpc) is 1.36. The second kappa shape index (κ2) is 5.18. The first kappa shape index (κ1) is 10.9. The molecule has 0 aliphatic heterocycles. The Labute approximate surface area is 74.2 Å². The third kappa shape index (κ3) is 7.04. The van der Waals surface area contributed by atoms with Crippen molar-refractivity contribution in [1.82, 2.24) is 0 Å². The van der Waals surface area contributed by atoms with Crippen LogP contribution in [-0.4, -0.2) is 39.8 Å². The second-order valence-corrected chi connectivity index (χ2v) is 1.42. The molecule has 0 amide bonds. The van der Waals surface area contributed by atoms with Crippen molar-refractivity contribution >= 4 is 65.0 Å². The molecule has 0 radical (unpaired) electrons. The topological polar surface area (TPSA) is 34.1 Å². The van der Waals surface area contributed by atoms with Gasteiger partial charge in [0.05, 0.1) is 0 Å². The Kier molecular flexibility index (Phi) is 8.09. The van der Waals surface area contributed by atoms with Crippen molar-refractivity contribution < 1.29 is 9.59 Å². The van der Waals surface area contributed by atoms with Crippen LogP contribution in [-0.2, 0) is 9.59 Å². The zero-order valence-corrected chi connectivity index (χ0v) is 4.50. The van der Waals surface area contributed by atoms with E-state index >= 15 is 0 Å². The molecule has 0 aliphatic rings. The third-order valence-corrected chi connectivity index (χ3v) is 0.766. The predicted octanol–water partition coefficient (Wildman–Crippen LogP) is -0.749. The molecule has 36 valence electrons. The Morgan fingerprint density at radius 1 is 1.00 bits per heavy atom. The number of thiol groups is 2. The molecule has 0 saturated carbocycles. The maximum atomic E-state index is 9.58. The number of carbonyl (C=O) groups is 2. The summed E-state index contributed by atoms with van der Waals surface area (Å²) in [4.78, 5) is 19.2. The Balaban J connectivity index is 0. The third-order valence-electron chi connectivity index (χ3n) is 0.183. The van der Waals surface area contributed by atoms with Gasteiger partial charge in [0.1, 0.15) is 0 Å². The molecule has 0 N–H and O–H groups in total. The minimum absolute atomic E-state index is 0. The Morgan fingerprint density at radius 3 is 1.14 bits per heavy atom. The zero-order chi connectivity index (χ0) is 5.15. The number of carbonyl (C=O) groups excluding carboxylic acids is 2. The molecule has 0 bridgehead atoms. The van der Waals surface area contributed by atoms with Gasteiger partial charge in [-0.3, -0.25) is 9.59 Å². The van der Waals surface area contributed by atoms with Crippen LogP contribution in [0.15, 0.2) is 0 Å². The van der Waals surface area contributed by atoms with E-state index in [0.717, 1.165) is 0 Å². The van der Waals surface area contributed by atoms with Crippen LogP contribution in [0.1, 0.15) is 0 Å². The van der Waals surface area contributed by atoms with Crippen molar-refractivity contribution in [3.05, 3.63) is 0 Å². The van der Waals surface area contributed by atoms with E-state index in [-0.39, 0.29) is 29.6 Å². The van der Waals surface area contributed by atoms with Crippen LogP contribution in [0.2, 0.25) is 0 Å². The molecule has 0 atom stereocenters. The van der Waals surface area contributed by atoms with Gasteiger partial charge in [-0.05, 0) is 0 Å². The fourth-order valence-corrected chi connectivity index (χ4v) is 0. The molecule has 0 heterocycles. The molecule has 0 aliphatic carbocycles. The van der Waals surface area contributed by atoms with Crippen molar-refractivity contribution in [3.63, 3.8) is 0 Å². The maximum absolute atomic E-state index is 9.58. The van der Waals surface area contributed by atoms with Gasteiger partial charge in [-0.2, -0.15) is 0 Å². The molecule has 0 rings (SSSR count). The van der Waals surface area contributed by atoms with Crippen LogP contribution in [0.3, 0.4) is 0 Å². The second-order valence-electron chi connectivity index (χ2n) is 0.610. The van der Waals surface area contributed by atoms with E-state index in [1.165, 1.54) is 0 Å². The predicted molar refractivity (Wildman–Crippen MR) is 35.1 cm³/mol. The molecule has 0 aromatic heterocycles. The monoisotopic (exact) mass is 146 g/mol. The first-order chi connectivity index (χ1) is 2.64. The molecule has 0 spiro atoms. The van der Waals surface area contributed by atoms with Gasteiger partial charge in [0.25, 0.3) is 10.2 Å². The number of rotatable bonds is 1. The summed E-state index contributed by atoms with van der Waals surface area (Å²) in [6.45, 7) is 0. The molecule has 2 nitrogen and oxygen atoms in total. The van der Waals surface area contributed by atoms with Crippen LogP contribution in [0.5, 0.6) is 0 Å². The van der Waals surface area contributed by atoms with Crippen molar-refractivity contribution in [2.24, 2.45) is 0 Å². The van der Waals surface area contributed by atoms with E-state index in [9.17, 15) is 9.59 Å². The summed E-state index contributed by atoms with van der Waals surface area (Å²) in [6.07, 6.45) is 0. The molecular formula is C2H3NaO2S2. The summed E-state index contributed by atoms with van der Waals surface area (Å²) in [5.41, 5.74) is 0. The number of hydrogen-bond acceptors (Lipinski definition) is 2. The van der Waals surface area contributed by atoms with Crippen molar-refractivity contribution in [2.75, 3.05) is 0 Å². The quantitative estimate of drug-likeness (QED) is 0.290. The number of hydrogen-bond donors (Lipinski definition) is 2. The van der Waals surface area contributed by atoms with E-state index in [1.54, 1.807) is 0 Å². The van der Waals surface area contributed by atoms with E-state index in [4.69, 9.17) is 0 Å². The zero-order valence-electron chi connectivity index (χ0n) is 2.71. The molecule has 0 saturated heterocycles. The van der Waals surface area contributed by atoms with E-state index in [2.05, 4.69) is 25.3 Å². The first-order valence-electron chi connectivity index (χ1n) is 1.11. The molecule has 7 heavy (non-hydrogen) atoms. The molecule has 5 heteroatoms. The van der Waals surface area contributed by atoms with Crippen LogP contribution >= 0.6 is 25.3 Å². The SMILES string of the molecule is O=C(S)C(=O)S.[NaH]. The van der Waals surface area contributed by atoms with Crippen molar-refractivity contribution in [1.29, 1.82) is 0 Å². The van der Waals surface area contributed by atoms with Crippen LogP contribution < -0.4 is 0 Å². The fourth-order valence-electron chi connectivity index (χ4n) is 0. The van der Waals surface area contributed by atoms with Crippen LogP contribution in [0.4, 0.5) is 0 Å². The van der Waals surface area contributed by atoms with Gasteiger partial charge in [0, 0.05) is 0 Å². The van der Waals surface area contributed by atoms with Gasteiger partial charge in [-0.25, -0.2) is 0 Å². The van der Waals surface area contributed by atoms with Crippen molar-refractivity contribution in [2.45, 2.75) is 0 Å². The Hall–Kier alpha value is 1.04. The molecule has 0 aromatic carbocycles. The summed E-state index contributed by atoms with van der Waals surface area (Å²) in [5, 5.41) is -1.64. The molecule has 0 unspecified atom stereocenters. The summed E-state index contributed by atoms with van der Waals surface area (Å²) < 4.78 is 0. The minimum atomic E-state index is -0.821. The van der Waals surface area contributed by atoms with Gasteiger partial charge in [-0.15, -0.1) is 0 Å². The summed E-state index contributed by atoms with van der Waals surface area (Å²) in [5.74, 6) is 0. The van der Waals surface area contributed by atoms with E-state index < -0.39 is 10.2 Å². The van der Waals surface area contributed by atoms with Gasteiger partial charge in [-0.1, -0.05) is 25.3 Å². The standard InChI is InChI=1S/C2H2O2S2.Na.H/c3-1(5)2(4)6;;/h(H,3,5)(H,4,6);;. The molecule has 0 aromatic rings.